The fourth-order valence-corrected chi connectivity index (χ4v) is 10.9. The van der Waals surface area contributed by atoms with E-state index in [-0.39, 0.29) is 12.3 Å². The van der Waals surface area contributed by atoms with Crippen molar-refractivity contribution < 1.29 is 4.42 Å². The topological polar surface area (TPSA) is 49.6 Å². The number of thiophene rings is 1. The van der Waals surface area contributed by atoms with Gasteiger partial charge in [-0.2, -0.15) is 0 Å². The molecule has 292 valence electrons. The second-order valence-corrected chi connectivity index (χ2v) is 17.4. The first kappa shape index (κ1) is 35.2. The van der Waals surface area contributed by atoms with Crippen LogP contribution in [-0.4, -0.2) is 5.84 Å². The summed E-state index contributed by atoms with van der Waals surface area (Å²) in [5.41, 5.74) is 9.87. The van der Waals surface area contributed by atoms with Gasteiger partial charge in [-0.25, -0.2) is 4.99 Å². The number of aliphatic imine (C=N–C) groups is 1. The van der Waals surface area contributed by atoms with Gasteiger partial charge in [-0.3, -0.25) is 5.32 Å². The molecule has 0 saturated carbocycles. The van der Waals surface area contributed by atoms with Crippen molar-refractivity contribution in [2.24, 2.45) is 4.99 Å². The quantitative estimate of drug-likeness (QED) is 0.170. The van der Waals surface area contributed by atoms with E-state index in [0.29, 0.717) is 0 Å². The van der Waals surface area contributed by atoms with E-state index >= 15 is 0 Å². The number of amidine groups is 1. The molecule has 0 aliphatic carbocycles. The Morgan fingerprint density at radius 3 is 2.13 bits per heavy atom. The molecule has 2 atom stereocenters. The Morgan fingerprint density at radius 1 is 0.452 bits per heavy atom. The first-order valence-electron chi connectivity index (χ1n) is 21.2. The number of nitrogens with zero attached hydrogens (tertiary/aromatic N) is 1. The van der Waals surface area contributed by atoms with E-state index in [1.165, 1.54) is 69.2 Å². The molecule has 4 nitrogen and oxygen atoms in total. The highest BCUT2D eigenvalue weighted by Gasteiger charge is 2.28. The van der Waals surface area contributed by atoms with Crippen molar-refractivity contribution >= 4 is 91.6 Å². The van der Waals surface area contributed by atoms with Gasteiger partial charge in [-0.15, -0.1) is 11.3 Å². The van der Waals surface area contributed by atoms with Gasteiger partial charge >= 0.3 is 0 Å². The van der Waals surface area contributed by atoms with Crippen molar-refractivity contribution in [1.29, 1.82) is 0 Å². The highest BCUT2D eigenvalue weighted by Crippen LogP contribution is 2.41. The maximum absolute atomic E-state index is 6.41. The monoisotopic (exact) mass is 811 g/mol. The van der Waals surface area contributed by atoms with Gasteiger partial charge in [0.15, 0.2) is 0 Å². The molecule has 0 spiro atoms. The van der Waals surface area contributed by atoms with Crippen LogP contribution in [0.2, 0.25) is 0 Å². The van der Waals surface area contributed by atoms with E-state index in [1.807, 2.05) is 11.3 Å². The van der Waals surface area contributed by atoms with Crippen LogP contribution < -0.4 is 10.6 Å². The molecule has 0 fully saturated rings. The Balaban J connectivity index is 0.909. The molecule has 0 bridgehead atoms. The lowest BCUT2D eigenvalue weighted by molar-refractivity contribution is 0.411. The smallest absolute Gasteiger partial charge is 0.136 e. The van der Waals surface area contributed by atoms with Crippen LogP contribution in [0.25, 0.3) is 96.7 Å². The Labute approximate surface area is 361 Å². The Hall–Kier alpha value is -7.57. The lowest BCUT2D eigenvalue weighted by Crippen LogP contribution is -2.45. The average Bonchev–Trinajstić information content (AvgIpc) is 3.92. The van der Waals surface area contributed by atoms with E-state index in [4.69, 9.17) is 9.41 Å². The van der Waals surface area contributed by atoms with E-state index < -0.39 is 0 Å². The molecular weight excluding hydrogens is 775 g/mol. The Bertz CT molecular complexity index is 3790. The number of hydrogen-bond donors (Lipinski definition) is 2. The molecule has 12 aromatic rings. The second kappa shape index (κ2) is 14.0. The van der Waals surface area contributed by atoms with Gasteiger partial charge in [0, 0.05) is 42.1 Å². The van der Waals surface area contributed by atoms with E-state index in [9.17, 15) is 0 Å². The van der Waals surface area contributed by atoms with E-state index in [1.54, 1.807) is 0 Å². The van der Waals surface area contributed by atoms with Crippen molar-refractivity contribution in [3.05, 3.63) is 217 Å². The fraction of sp³-hybridized carbons (Fsp3) is 0.0351. The van der Waals surface area contributed by atoms with Crippen LogP contribution in [0.1, 0.15) is 29.0 Å². The number of nitrogens with one attached hydrogen (secondary N) is 2. The van der Waals surface area contributed by atoms with Crippen LogP contribution in [-0.2, 0) is 0 Å². The summed E-state index contributed by atoms with van der Waals surface area (Å²) in [4.78, 5) is 5.44. The van der Waals surface area contributed by atoms with Crippen LogP contribution in [0.3, 0.4) is 0 Å². The molecule has 2 unspecified atom stereocenters. The zero-order valence-electron chi connectivity index (χ0n) is 33.5. The highest BCUT2D eigenvalue weighted by molar-refractivity contribution is 7.26. The van der Waals surface area contributed by atoms with Crippen LogP contribution in [0.4, 0.5) is 0 Å². The first-order valence-corrected chi connectivity index (χ1v) is 22.0. The highest BCUT2D eigenvalue weighted by atomic mass is 32.1. The average molecular weight is 812 g/mol. The summed E-state index contributed by atoms with van der Waals surface area (Å²) in [5.74, 6) is 0.873. The first-order chi connectivity index (χ1) is 30.7. The minimum Gasteiger partial charge on any atom is -0.456 e. The summed E-state index contributed by atoms with van der Waals surface area (Å²) in [6.07, 6.45) is -0.468. The summed E-state index contributed by atoms with van der Waals surface area (Å²) in [6, 6.07) is 72.2. The summed E-state index contributed by atoms with van der Waals surface area (Å²) >= 11 is 1.86. The van der Waals surface area contributed by atoms with Gasteiger partial charge in [-0.05, 0) is 103 Å². The number of rotatable bonds is 5. The SMILES string of the molecule is c1ccc(-c2ccc3oc4cccc(-c5ccc6cc(C7N=C(c8ccc9c(ccc%10ccccc%109)c8)NC(c8cccc9c8sc8ccccc89)N7)ccc6c5)c4c3c2)cc1. The molecule has 0 saturated heterocycles. The molecule has 0 amide bonds. The molecular formula is C57H37N3OS. The number of fused-ring (bicyclic) bond motifs is 10. The van der Waals surface area contributed by atoms with Gasteiger partial charge in [0.25, 0.3) is 0 Å². The van der Waals surface area contributed by atoms with Gasteiger partial charge < -0.3 is 9.73 Å². The third kappa shape index (κ3) is 5.74. The number of furan rings is 1. The van der Waals surface area contributed by atoms with Crippen LogP contribution in [0, 0.1) is 0 Å². The predicted octanol–water partition coefficient (Wildman–Crippen LogP) is 15.1. The molecule has 3 heterocycles. The standard InChI is InChI=1S/C57H37N3OS/c1-2-10-34(11-3-1)38-27-29-50-49(33-38)53-45(15-9-18-51(53)61-50)40-24-21-37-31-41(25-22-36(37)30-40)55-58-56(42-26-28-44-39(32-42)23-20-35-12-4-5-13-43(35)44)60-57(59-55)48-17-8-16-47-46-14-6-7-19-52(46)62-54(47)48/h1-33,55,57,59H,(H,58,60). The summed E-state index contributed by atoms with van der Waals surface area (Å²) < 4.78 is 8.99. The molecule has 62 heavy (non-hydrogen) atoms. The van der Waals surface area contributed by atoms with Gasteiger partial charge in [0.1, 0.15) is 29.3 Å². The predicted molar refractivity (Wildman–Crippen MR) is 261 cm³/mol. The molecule has 2 aromatic heterocycles. The summed E-state index contributed by atoms with van der Waals surface area (Å²) in [7, 11) is 0. The van der Waals surface area contributed by atoms with E-state index in [0.717, 1.165) is 50.0 Å². The minimum atomic E-state index is -0.290. The third-order valence-electron chi connectivity index (χ3n) is 12.7. The fourth-order valence-electron chi connectivity index (χ4n) is 9.67. The van der Waals surface area contributed by atoms with Crippen molar-refractivity contribution in [2.45, 2.75) is 12.3 Å². The molecule has 13 rings (SSSR count). The molecule has 0 radical (unpaired) electrons. The Morgan fingerprint density at radius 2 is 1.18 bits per heavy atom. The molecule has 2 N–H and O–H groups in total. The maximum atomic E-state index is 6.41. The van der Waals surface area contributed by atoms with Gasteiger partial charge in [-0.1, -0.05) is 158 Å². The van der Waals surface area contributed by atoms with Crippen molar-refractivity contribution in [3.63, 3.8) is 0 Å². The molecule has 10 aromatic carbocycles. The Kier molecular flexibility index (Phi) is 7.95. The lowest BCUT2D eigenvalue weighted by Gasteiger charge is -2.32. The molecule has 1 aliphatic heterocycles. The lowest BCUT2D eigenvalue weighted by atomic mass is 9.95. The summed E-state index contributed by atoms with van der Waals surface area (Å²) in [5, 5.41) is 19.9. The molecule has 1 aliphatic rings. The zero-order valence-corrected chi connectivity index (χ0v) is 34.3. The van der Waals surface area contributed by atoms with Crippen LogP contribution >= 0.6 is 11.3 Å². The second-order valence-electron chi connectivity index (χ2n) is 16.3. The minimum absolute atomic E-state index is 0.178. The number of hydrogen-bond acceptors (Lipinski definition) is 5. The number of benzene rings is 10. The zero-order chi connectivity index (χ0) is 40.7. The van der Waals surface area contributed by atoms with Crippen molar-refractivity contribution in [3.8, 4) is 22.3 Å². The van der Waals surface area contributed by atoms with Crippen LogP contribution in [0.15, 0.2) is 210 Å². The van der Waals surface area contributed by atoms with E-state index in [2.05, 4.69) is 211 Å². The van der Waals surface area contributed by atoms with Gasteiger partial charge in [0.05, 0.1) is 0 Å². The third-order valence-corrected chi connectivity index (χ3v) is 14.0. The maximum Gasteiger partial charge on any atom is 0.136 e. The summed E-state index contributed by atoms with van der Waals surface area (Å²) in [6.45, 7) is 0. The van der Waals surface area contributed by atoms with Gasteiger partial charge in [0.2, 0.25) is 0 Å². The van der Waals surface area contributed by atoms with Crippen molar-refractivity contribution in [2.75, 3.05) is 0 Å². The van der Waals surface area contributed by atoms with Crippen molar-refractivity contribution in [1.82, 2.24) is 10.6 Å². The normalized spacial score (nSPS) is 15.6. The van der Waals surface area contributed by atoms with Crippen LogP contribution in [0.5, 0.6) is 0 Å². The molecule has 5 heteroatoms. The largest absolute Gasteiger partial charge is 0.456 e.